The predicted octanol–water partition coefficient (Wildman–Crippen LogP) is -0.121. The molecular weight excluding hydrogens is 398 g/mol. The third-order valence-electron chi connectivity index (χ3n) is 5.03. The molecule has 4 aromatic rings. The van der Waals surface area contributed by atoms with Gasteiger partial charge in [-0.2, -0.15) is 19.6 Å². The monoisotopic (exact) mass is 419 g/mol. The van der Waals surface area contributed by atoms with Gasteiger partial charge in [-0.1, -0.05) is 0 Å². The molecule has 4 heterocycles. The zero-order chi connectivity index (χ0) is 21.4. The lowest BCUT2D eigenvalue weighted by molar-refractivity contribution is 0.454. The van der Waals surface area contributed by atoms with E-state index in [9.17, 15) is 9.90 Å². The van der Waals surface area contributed by atoms with Crippen LogP contribution in [0.1, 0.15) is 31.0 Å². The van der Waals surface area contributed by atoms with E-state index in [1.54, 1.807) is 29.2 Å². The van der Waals surface area contributed by atoms with E-state index in [-0.39, 0.29) is 17.6 Å². The molecule has 3 N–H and O–H groups in total. The van der Waals surface area contributed by atoms with Crippen molar-refractivity contribution in [2.75, 3.05) is 11.4 Å². The summed E-state index contributed by atoms with van der Waals surface area (Å²) >= 11 is 0. The van der Waals surface area contributed by atoms with Gasteiger partial charge in [0.15, 0.2) is 5.65 Å². The maximum atomic E-state index is 11.5. The summed E-state index contributed by atoms with van der Waals surface area (Å²) in [5.74, 6) is 0.294. The number of anilines is 1. The van der Waals surface area contributed by atoms with Gasteiger partial charge in [0.1, 0.15) is 5.69 Å². The molecule has 1 fully saturated rings. The lowest BCUT2D eigenvalue weighted by Crippen LogP contribution is -2.31. The Bertz CT molecular complexity index is 1400. The highest BCUT2D eigenvalue weighted by molar-refractivity contribution is 5.57. The average Bonchev–Trinajstić information content (AvgIpc) is 3.41. The van der Waals surface area contributed by atoms with Crippen molar-refractivity contribution in [3.8, 4) is 5.88 Å². The summed E-state index contributed by atoms with van der Waals surface area (Å²) in [6.07, 6.45) is 8.82. The summed E-state index contributed by atoms with van der Waals surface area (Å²) < 4.78 is 1.59. The summed E-state index contributed by atoms with van der Waals surface area (Å²) in [6.45, 7) is 3.36. The molecule has 1 aliphatic rings. The number of imidazole rings is 1. The zero-order valence-electron chi connectivity index (χ0n) is 16.9. The van der Waals surface area contributed by atoms with E-state index >= 15 is 0 Å². The maximum Gasteiger partial charge on any atom is 0.326 e. The molecule has 0 unspecified atom stereocenters. The summed E-state index contributed by atoms with van der Waals surface area (Å²) in [5.41, 5.74) is 1.89. The number of aromatic amines is 2. The lowest BCUT2D eigenvalue weighted by Gasteiger charge is -2.20. The fraction of sp³-hybridized carbons (Fsp3) is 0.300. The molecule has 158 valence electrons. The molecule has 11 heteroatoms. The number of hydrogen-bond donors (Lipinski definition) is 3. The third-order valence-corrected chi connectivity index (χ3v) is 5.03. The van der Waals surface area contributed by atoms with Crippen LogP contribution in [0.2, 0.25) is 0 Å². The zero-order valence-corrected chi connectivity index (χ0v) is 16.9. The molecule has 0 atom stereocenters. The molecule has 0 spiro atoms. The normalized spacial score (nSPS) is 15.1. The first-order valence-corrected chi connectivity index (χ1v) is 10.1. The number of nitrogens with zero attached hydrogens (tertiary/aromatic N) is 7. The molecule has 4 aromatic heterocycles. The van der Waals surface area contributed by atoms with E-state index in [0.29, 0.717) is 35.5 Å². The second kappa shape index (κ2) is 7.67. The van der Waals surface area contributed by atoms with Crippen molar-refractivity contribution in [3.63, 3.8) is 0 Å². The van der Waals surface area contributed by atoms with E-state index in [2.05, 4.69) is 20.1 Å². The van der Waals surface area contributed by atoms with Crippen molar-refractivity contribution >= 4 is 17.7 Å². The van der Waals surface area contributed by atoms with Gasteiger partial charge in [0, 0.05) is 30.7 Å². The molecule has 1 saturated carbocycles. The van der Waals surface area contributed by atoms with Crippen LogP contribution in [0.25, 0.3) is 11.7 Å². The Kier molecular flexibility index (Phi) is 4.69. The molecule has 0 aliphatic heterocycles. The van der Waals surface area contributed by atoms with Gasteiger partial charge < -0.3 is 15.0 Å². The van der Waals surface area contributed by atoms with Crippen LogP contribution in [0.3, 0.4) is 0 Å². The minimum Gasteiger partial charge on any atom is -0.493 e. The molecular formula is C20H21N9O2. The maximum absolute atomic E-state index is 11.5. The summed E-state index contributed by atoms with van der Waals surface area (Å²) in [7, 11) is 0. The van der Waals surface area contributed by atoms with Gasteiger partial charge in [0.25, 0.3) is 5.62 Å². The second-order valence-corrected chi connectivity index (χ2v) is 7.37. The van der Waals surface area contributed by atoms with Crippen LogP contribution in [0, 0.1) is 0 Å². The highest BCUT2D eigenvalue weighted by atomic mass is 16.3. The summed E-state index contributed by atoms with van der Waals surface area (Å²) in [4.78, 5) is 36.6. The van der Waals surface area contributed by atoms with Gasteiger partial charge in [0.2, 0.25) is 11.8 Å². The Morgan fingerprint density at radius 2 is 2.10 bits per heavy atom. The van der Waals surface area contributed by atoms with Gasteiger partial charge in [-0.05, 0) is 43.5 Å². The number of pyridine rings is 1. The van der Waals surface area contributed by atoms with Crippen LogP contribution in [-0.4, -0.2) is 52.2 Å². The number of hydrogen-bond acceptors (Lipinski definition) is 8. The van der Waals surface area contributed by atoms with E-state index < -0.39 is 5.69 Å². The molecule has 11 nitrogen and oxygen atoms in total. The molecule has 31 heavy (non-hydrogen) atoms. The van der Waals surface area contributed by atoms with Gasteiger partial charge in [-0.15, -0.1) is 0 Å². The quantitative estimate of drug-likeness (QED) is 0.396. The summed E-state index contributed by atoms with van der Waals surface area (Å²) in [5, 5.41) is 14.9. The van der Waals surface area contributed by atoms with Crippen LogP contribution in [-0.2, 0) is 6.54 Å². The van der Waals surface area contributed by atoms with Gasteiger partial charge in [-0.25, -0.2) is 9.79 Å². The molecule has 0 radical (unpaired) electrons. The largest absolute Gasteiger partial charge is 0.493 e. The fourth-order valence-electron chi connectivity index (χ4n) is 3.24. The van der Waals surface area contributed by atoms with Gasteiger partial charge >= 0.3 is 5.69 Å². The first kappa shape index (κ1) is 19.0. The van der Waals surface area contributed by atoms with E-state index in [1.165, 1.54) is 0 Å². The van der Waals surface area contributed by atoms with Crippen LogP contribution >= 0.6 is 0 Å². The lowest BCUT2D eigenvalue weighted by atomic mass is 10.2. The number of H-pyrrole nitrogens is 2. The number of aromatic hydroxyl groups is 1. The smallest absolute Gasteiger partial charge is 0.326 e. The van der Waals surface area contributed by atoms with E-state index in [4.69, 9.17) is 15.0 Å². The predicted molar refractivity (Wildman–Crippen MR) is 112 cm³/mol. The topological polar surface area (TPSA) is 140 Å². The second-order valence-electron chi connectivity index (χ2n) is 7.37. The molecule has 0 bridgehead atoms. The van der Waals surface area contributed by atoms with Crippen molar-refractivity contribution < 1.29 is 5.11 Å². The minimum absolute atomic E-state index is 0.241. The Labute approximate surface area is 175 Å². The van der Waals surface area contributed by atoms with Crippen LogP contribution in [0.15, 0.2) is 40.5 Å². The Morgan fingerprint density at radius 3 is 2.77 bits per heavy atom. The first-order chi connectivity index (χ1) is 15.1. The average molecular weight is 419 g/mol. The van der Waals surface area contributed by atoms with Crippen LogP contribution in [0.5, 0.6) is 5.88 Å². The van der Waals surface area contributed by atoms with Crippen molar-refractivity contribution in [1.82, 2.24) is 34.5 Å². The minimum atomic E-state index is -0.491. The number of rotatable bonds is 6. The number of aromatic nitrogens is 7. The summed E-state index contributed by atoms with van der Waals surface area (Å²) in [6, 6.07) is 4.17. The van der Waals surface area contributed by atoms with E-state index in [1.807, 2.05) is 24.0 Å². The van der Waals surface area contributed by atoms with Crippen molar-refractivity contribution in [3.05, 3.63) is 63.3 Å². The highest BCUT2D eigenvalue weighted by Gasteiger charge is 2.21. The third kappa shape index (κ3) is 3.89. The van der Waals surface area contributed by atoms with Crippen LogP contribution in [0.4, 0.5) is 5.95 Å². The molecule has 0 saturated heterocycles. The molecule has 1 aliphatic carbocycles. The first-order valence-electron chi connectivity index (χ1n) is 10.1. The van der Waals surface area contributed by atoms with Crippen molar-refractivity contribution in [2.24, 2.45) is 4.99 Å². The molecule has 5 rings (SSSR count). The SMILES string of the molecule is CCN(Cc1ccncc1)c1nc(=NC2CC2)n2nc/c(=C\c3[nH]c(=O)[nH]c3O)c2n1. The van der Waals surface area contributed by atoms with Gasteiger partial charge in [0.05, 0.1) is 12.2 Å². The van der Waals surface area contributed by atoms with Crippen molar-refractivity contribution in [1.29, 1.82) is 0 Å². The molecule has 0 aromatic carbocycles. The Hall–Kier alpha value is -4.02. The Morgan fingerprint density at radius 1 is 1.29 bits per heavy atom. The molecule has 0 amide bonds. The number of nitrogens with one attached hydrogen (secondary N) is 2. The fourth-order valence-corrected chi connectivity index (χ4v) is 3.24. The number of fused-ring (bicyclic) bond motifs is 1. The van der Waals surface area contributed by atoms with Crippen LogP contribution < -0.4 is 21.4 Å². The highest BCUT2D eigenvalue weighted by Crippen LogP contribution is 2.22. The van der Waals surface area contributed by atoms with Gasteiger partial charge in [-0.3, -0.25) is 9.97 Å². The standard InChI is InChI=1S/C20H21N9O2/c1-2-28(11-12-5-7-21-8-6-12)18-25-16-13(9-15-17(30)26-20(31)24-15)10-22-29(16)19(27-18)23-14-3-4-14/h5-10,14,30H,2-4,11H2,1H3,(H2,24,26,31)/b13-9+,23-19?. The van der Waals surface area contributed by atoms with Crippen molar-refractivity contribution in [2.45, 2.75) is 32.4 Å². The Balaban J connectivity index is 1.66. The van der Waals surface area contributed by atoms with E-state index in [0.717, 1.165) is 18.4 Å².